The molecule has 0 aliphatic carbocycles. The molecule has 0 aliphatic rings. The van der Waals surface area contributed by atoms with E-state index in [1.165, 1.54) is 9.13 Å². The number of nitriles is 1. The van der Waals surface area contributed by atoms with E-state index in [9.17, 15) is 0 Å². The summed E-state index contributed by atoms with van der Waals surface area (Å²) < 4.78 is 3.42. The van der Waals surface area contributed by atoms with Crippen LogP contribution in [0.3, 0.4) is 0 Å². The lowest BCUT2D eigenvalue weighted by Gasteiger charge is -2.06. The number of hydrogen-bond donors (Lipinski definition) is 0. The van der Waals surface area contributed by atoms with Crippen LogP contribution in [-0.4, -0.2) is 4.57 Å². The van der Waals surface area contributed by atoms with E-state index in [2.05, 4.69) is 63.6 Å². The van der Waals surface area contributed by atoms with E-state index in [0.717, 1.165) is 23.0 Å². The van der Waals surface area contributed by atoms with Gasteiger partial charge in [-0.1, -0.05) is 18.2 Å². The second kappa shape index (κ2) is 5.06. The molecule has 2 aromatic carbocycles. The minimum atomic E-state index is 0.735. The first-order valence-corrected chi connectivity index (χ1v) is 7.08. The molecule has 2 nitrogen and oxygen atoms in total. The van der Waals surface area contributed by atoms with E-state index in [-0.39, 0.29) is 0 Å². The Morgan fingerprint density at radius 1 is 1.05 bits per heavy atom. The first-order valence-electron chi connectivity index (χ1n) is 6.00. The van der Waals surface area contributed by atoms with Crippen LogP contribution in [0.5, 0.6) is 0 Å². The molecule has 0 N–H and O–H groups in total. The van der Waals surface area contributed by atoms with Crippen LogP contribution in [0.25, 0.3) is 10.9 Å². The fraction of sp³-hybridized carbons (Fsp3) is 0.0625. The molecule has 0 aliphatic heterocycles. The van der Waals surface area contributed by atoms with Gasteiger partial charge in [-0.2, -0.15) is 5.26 Å². The molecule has 3 heteroatoms. The summed E-state index contributed by atoms with van der Waals surface area (Å²) in [5.74, 6) is 0. The molecule has 19 heavy (non-hydrogen) atoms. The van der Waals surface area contributed by atoms with Crippen molar-refractivity contribution in [2.24, 2.45) is 0 Å². The minimum Gasteiger partial charge on any atom is -0.343 e. The highest BCUT2D eigenvalue weighted by molar-refractivity contribution is 14.1. The number of aromatic nitrogens is 1. The van der Waals surface area contributed by atoms with Crippen molar-refractivity contribution in [3.63, 3.8) is 0 Å². The van der Waals surface area contributed by atoms with Gasteiger partial charge >= 0.3 is 0 Å². The second-order valence-corrected chi connectivity index (χ2v) is 5.67. The van der Waals surface area contributed by atoms with Crippen LogP contribution in [0.4, 0.5) is 0 Å². The van der Waals surface area contributed by atoms with E-state index < -0.39 is 0 Å². The Bertz CT molecular complexity index is 764. The average molecular weight is 358 g/mol. The minimum absolute atomic E-state index is 0.735. The molecule has 3 aromatic rings. The third kappa shape index (κ3) is 2.36. The Hall–Kier alpha value is -1.80. The largest absolute Gasteiger partial charge is 0.343 e. The molecule has 0 unspecified atom stereocenters. The lowest BCUT2D eigenvalue weighted by atomic mass is 10.1. The number of rotatable bonds is 2. The first kappa shape index (κ1) is 12.2. The van der Waals surface area contributed by atoms with Crippen molar-refractivity contribution in [1.82, 2.24) is 4.57 Å². The Balaban J connectivity index is 2.02. The summed E-state index contributed by atoms with van der Waals surface area (Å²) in [5, 5.41) is 10.1. The molecule has 0 amide bonds. The normalized spacial score (nSPS) is 10.5. The van der Waals surface area contributed by atoms with Gasteiger partial charge in [-0.15, -0.1) is 0 Å². The summed E-state index contributed by atoms with van der Waals surface area (Å²) in [7, 11) is 0. The van der Waals surface area contributed by atoms with E-state index in [1.54, 1.807) is 0 Å². The molecule has 0 saturated carbocycles. The summed E-state index contributed by atoms with van der Waals surface area (Å²) in [6.45, 7) is 0.829. The molecule has 0 saturated heterocycles. The van der Waals surface area contributed by atoms with Gasteiger partial charge in [0.1, 0.15) is 0 Å². The topological polar surface area (TPSA) is 28.7 Å². The monoisotopic (exact) mass is 358 g/mol. The second-order valence-electron chi connectivity index (χ2n) is 4.42. The van der Waals surface area contributed by atoms with Crippen molar-refractivity contribution in [1.29, 1.82) is 5.26 Å². The molecular weight excluding hydrogens is 347 g/mol. The Kier molecular flexibility index (Phi) is 3.26. The summed E-state index contributed by atoms with van der Waals surface area (Å²) in [4.78, 5) is 0. The van der Waals surface area contributed by atoms with Gasteiger partial charge in [-0.05, 0) is 58.5 Å². The molecule has 92 valence electrons. The molecule has 0 radical (unpaired) electrons. The van der Waals surface area contributed by atoms with Crippen molar-refractivity contribution in [3.8, 4) is 6.07 Å². The molecule has 0 fully saturated rings. The molecular formula is C16H11IN2. The van der Waals surface area contributed by atoms with Crippen LogP contribution in [0.15, 0.2) is 54.7 Å². The van der Waals surface area contributed by atoms with Crippen LogP contribution in [0, 0.1) is 14.9 Å². The standard InChI is InChI=1S/C16H11IN2/c17-14-6-4-12(5-7-14)11-19-9-8-15-13(10-18)2-1-3-16(15)19/h1-9H,11H2. The Labute approximate surface area is 125 Å². The van der Waals surface area contributed by atoms with Crippen LogP contribution >= 0.6 is 22.6 Å². The Morgan fingerprint density at radius 2 is 1.84 bits per heavy atom. The zero-order valence-corrected chi connectivity index (χ0v) is 12.3. The van der Waals surface area contributed by atoms with Crippen LogP contribution in [0.2, 0.25) is 0 Å². The quantitative estimate of drug-likeness (QED) is 0.633. The summed E-state index contributed by atoms with van der Waals surface area (Å²) in [6, 6.07) is 18.6. The van der Waals surface area contributed by atoms with Gasteiger partial charge in [0, 0.05) is 27.2 Å². The fourth-order valence-corrected chi connectivity index (χ4v) is 2.60. The average Bonchev–Trinajstić information content (AvgIpc) is 2.84. The third-order valence-corrected chi connectivity index (χ3v) is 3.92. The van der Waals surface area contributed by atoms with Gasteiger partial charge in [0.2, 0.25) is 0 Å². The van der Waals surface area contributed by atoms with Gasteiger partial charge in [-0.25, -0.2) is 0 Å². The zero-order chi connectivity index (χ0) is 13.2. The maximum absolute atomic E-state index is 9.11. The number of nitrogens with zero attached hydrogens (tertiary/aromatic N) is 2. The van der Waals surface area contributed by atoms with Crippen molar-refractivity contribution in [3.05, 3.63) is 69.4 Å². The molecule has 0 bridgehead atoms. The predicted molar refractivity (Wildman–Crippen MR) is 84.9 cm³/mol. The van der Waals surface area contributed by atoms with Crippen molar-refractivity contribution in [2.75, 3.05) is 0 Å². The van der Waals surface area contributed by atoms with E-state index in [4.69, 9.17) is 5.26 Å². The fourth-order valence-electron chi connectivity index (χ4n) is 2.25. The van der Waals surface area contributed by atoms with E-state index >= 15 is 0 Å². The van der Waals surface area contributed by atoms with Gasteiger partial charge in [0.25, 0.3) is 0 Å². The van der Waals surface area contributed by atoms with Crippen molar-refractivity contribution >= 4 is 33.5 Å². The number of fused-ring (bicyclic) bond motifs is 1. The molecule has 0 atom stereocenters. The van der Waals surface area contributed by atoms with Gasteiger partial charge < -0.3 is 4.57 Å². The van der Waals surface area contributed by atoms with Crippen molar-refractivity contribution < 1.29 is 0 Å². The highest BCUT2D eigenvalue weighted by Gasteiger charge is 2.05. The maximum Gasteiger partial charge on any atom is 0.0998 e. The van der Waals surface area contributed by atoms with Crippen LogP contribution < -0.4 is 0 Å². The smallest absolute Gasteiger partial charge is 0.0998 e. The summed E-state index contributed by atoms with van der Waals surface area (Å²) in [6.07, 6.45) is 2.05. The number of halogens is 1. The maximum atomic E-state index is 9.11. The molecule has 1 heterocycles. The lowest BCUT2D eigenvalue weighted by Crippen LogP contribution is -1.97. The van der Waals surface area contributed by atoms with Gasteiger partial charge in [0.05, 0.1) is 11.6 Å². The number of hydrogen-bond acceptors (Lipinski definition) is 1. The van der Waals surface area contributed by atoms with Crippen LogP contribution in [-0.2, 0) is 6.54 Å². The molecule has 1 aromatic heterocycles. The molecule has 3 rings (SSSR count). The molecule has 0 spiro atoms. The van der Waals surface area contributed by atoms with Crippen LogP contribution in [0.1, 0.15) is 11.1 Å². The lowest BCUT2D eigenvalue weighted by molar-refractivity contribution is 0.836. The predicted octanol–water partition coefficient (Wildman–Crippen LogP) is 4.17. The third-order valence-electron chi connectivity index (χ3n) is 3.20. The SMILES string of the molecule is N#Cc1cccc2c1ccn2Cc1ccc(I)cc1. The summed E-state index contributed by atoms with van der Waals surface area (Å²) >= 11 is 2.31. The Morgan fingerprint density at radius 3 is 2.58 bits per heavy atom. The van der Waals surface area contributed by atoms with Gasteiger partial charge in [0.15, 0.2) is 0 Å². The van der Waals surface area contributed by atoms with E-state index in [1.807, 2.05) is 24.4 Å². The highest BCUT2D eigenvalue weighted by Crippen LogP contribution is 2.21. The van der Waals surface area contributed by atoms with Gasteiger partial charge in [-0.3, -0.25) is 0 Å². The zero-order valence-electron chi connectivity index (χ0n) is 10.2. The highest BCUT2D eigenvalue weighted by atomic mass is 127. The summed E-state index contributed by atoms with van der Waals surface area (Å²) in [5.41, 5.74) is 3.11. The number of benzene rings is 2. The van der Waals surface area contributed by atoms with E-state index in [0.29, 0.717) is 0 Å². The first-order chi connectivity index (χ1) is 9.28. The van der Waals surface area contributed by atoms with Crippen molar-refractivity contribution in [2.45, 2.75) is 6.54 Å².